The van der Waals surface area contributed by atoms with E-state index < -0.39 is 74.3 Å². The monoisotopic (exact) mass is 483 g/mol. The van der Waals surface area contributed by atoms with Crippen molar-refractivity contribution in [2.75, 3.05) is 13.2 Å². The number of aromatic nitrogens is 3. The SMILES string of the molecule is OCC1OC(Cn2cc(-c3ccc(C4OC(CO)C(O)C(O)C4O)cc3)nn2)C(O)C(O)C1O. The Hall–Kier alpha value is -2.04. The van der Waals surface area contributed by atoms with E-state index in [0.717, 1.165) is 0 Å². The first kappa shape index (κ1) is 25.1. The minimum atomic E-state index is -1.48. The van der Waals surface area contributed by atoms with Crippen molar-refractivity contribution in [3.05, 3.63) is 36.0 Å². The van der Waals surface area contributed by atoms with Crippen LogP contribution in [0.2, 0.25) is 0 Å². The van der Waals surface area contributed by atoms with Gasteiger partial charge in [0, 0.05) is 5.56 Å². The third kappa shape index (κ3) is 4.72. The summed E-state index contributed by atoms with van der Waals surface area (Å²) in [5.41, 5.74) is 1.66. The molecule has 0 bridgehead atoms. The number of ether oxygens (including phenoxy) is 2. The van der Waals surface area contributed by atoms with E-state index in [1.807, 2.05) is 0 Å². The number of nitrogens with zero attached hydrogens (tertiary/aromatic N) is 3. The minimum absolute atomic E-state index is 0.0113. The Bertz CT molecular complexity index is 939. The molecular weight excluding hydrogens is 454 g/mol. The lowest BCUT2D eigenvalue weighted by molar-refractivity contribution is -0.232. The average Bonchev–Trinajstić information content (AvgIpc) is 3.32. The molecule has 13 heteroatoms. The quantitative estimate of drug-likeness (QED) is 0.199. The highest BCUT2D eigenvalue weighted by molar-refractivity contribution is 5.58. The second-order valence-electron chi connectivity index (χ2n) is 8.56. The fourth-order valence-corrected chi connectivity index (χ4v) is 4.25. The van der Waals surface area contributed by atoms with Crippen molar-refractivity contribution in [1.82, 2.24) is 15.0 Å². The lowest BCUT2D eigenvalue weighted by Gasteiger charge is -2.40. The highest BCUT2D eigenvalue weighted by Gasteiger charge is 2.44. The predicted octanol–water partition coefficient (Wildman–Crippen LogP) is -3.70. The Morgan fingerprint density at radius 2 is 1.26 bits per heavy atom. The van der Waals surface area contributed by atoms with Gasteiger partial charge in [0.25, 0.3) is 0 Å². The zero-order valence-corrected chi connectivity index (χ0v) is 18.0. The number of hydrogen-bond donors (Lipinski definition) is 8. The van der Waals surface area contributed by atoms with Crippen molar-refractivity contribution in [3.63, 3.8) is 0 Å². The van der Waals surface area contributed by atoms with Gasteiger partial charge in [-0.15, -0.1) is 5.10 Å². The van der Waals surface area contributed by atoms with Gasteiger partial charge < -0.3 is 50.3 Å². The summed E-state index contributed by atoms with van der Waals surface area (Å²) < 4.78 is 12.4. The van der Waals surface area contributed by atoms with Crippen molar-refractivity contribution in [2.45, 2.75) is 67.6 Å². The van der Waals surface area contributed by atoms with Gasteiger partial charge in [0.1, 0.15) is 66.7 Å². The van der Waals surface area contributed by atoms with Crippen LogP contribution in [0.3, 0.4) is 0 Å². The lowest BCUT2D eigenvalue weighted by atomic mass is 9.91. The summed E-state index contributed by atoms with van der Waals surface area (Å²) in [5.74, 6) is 0. The molecule has 34 heavy (non-hydrogen) atoms. The van der Waals surface area contributed by atoms with Gasteiger partial charge in [-0.2, -0.15) is 0 Å². The van der Waals surface area contributed by atoms with Gasteiger partial charge in [-0.25, -0.2) is 4.68 Å². The number of rotatable bonds is 6. The van der Waals surface area contributed by atoms with Crippen LogP contribution in [0.15, 0.2) is 30.5 Å². The molecule has 10 unspecified atom stereocenters. The van der Waals surface area contributed by atoms with Crippen molar-refractivity contribution in [1.29, 1.82) is 0 Å². The molecule has 1 aromatic heterocycles. The predicted molar refractivity (Wildman–Crippen MR) is 112 cm³/mol. The zero-order chi connectivity index (χ0) is 24.6. The molecule has 10 atom stereocenters. The van der Waals surface area contributed by atoms with Gasteiger partial charge in [0.2, 0.25) is 0 Å². The minimum Gasteiger partial charge on any atom is -0.394 e. The van der Waals surface area contributed by atoms with E-state index in [9.17, 15) is 40.9 Å². The third-order valence-corrected chi connectivity index (χ3v) is 6.32. The normalized spacial score (nSPS) is 38.7. The van der Waals surface area contributed by atoms with Gasteiger partial charge in [0.05, 0.1) is 26.0 Å². The van der Waals surface area contributed by atoms with Crippen molar-refractivity contribution in [3.8, 4) is 11.3 Å². The molecule has 2 aromatic rings. The smallest absolute Gasteiger partial charge is 0.113 e. The number of aliphatic hydroxyl groups excluding tert-OH is 8. The second-order valence-corrected chi connectivity index (χ2v) is 8.56. The van der Waals surface area contributed by atoms with Gasteiger partial charge >= 0.3 is 0 Å². The Balaban J connectivity index is 1.45. The fraction of sp³-hybridized carbons (Fsp3) is 0.619. The van der Waals surface area contributed by atoms with Gasteiger partial charge in [-0.3, -0.25) is 0 Å². The average molecular weight is 483 g/mol. The molecule has 0 saturated carbocycles. The molecule has 0 spiro atoms. The molecule has 8 N–H and O–H groups in total. The first-order chi connectivity index (χ1) is 16.2. The van der Waals surface area contributed by atoms with Gasteiger partial charge in [0.15, 0.2) is 0 Å². The molecule has 0 radical (unpaired) electrons. The van der Waals surface area contributed by atoms with Crippen LogP contribution in [0, 0.1) is 0 Å². The van der Waals surface area contributed by atoms with Crippen LogP contribution in [0.25, 0.3) is 11.3 Å². The molecule has 2 fully saturated rings. The molecule has 2 saturated heterocycles. The van der Waals surface area contributed by atoms with Crippen LogP contribution < -0.4 is 0 Å². The summed E-state index contributed by atoms with van der Waals surface area (Å²) in [5, 5.41) is 87.0. The van der Waals surface area contributed by atoms with Crippen LogP contribution in [-0.2, 0) is 16.0 Å². The maximum absolute atomic E-state index is 10.3. The lowest BCUT2D eigenvalue weighted by Crippen LogP contribution is -2.59. The Morgan fingerprint density at radius 1 is 0.706 bits per heavy atom. The molecule has 0 amide bonds. The van der Waals surface area contributed by atoms with Crippen LogP contribution in [-0.4, -0.2) is 124 Å². The number of hydrogen-bond acceptors (Lipinski definition) is 12. The topological polar surface area (TPSA) is 211 Å². The molecule has 13 nitrogen and oxygen atoms in total. The summed E-state index contributed by atoms with van der Waals surface area (Å²) in [7, 11) is 0. The van der Waals surface area contributed by atoms with Crippen LogP contribution >= 0.6 is 0 Å². The molecule has 2 aliphatic heterocycles. The number of aliphatic hydroxyl groups is 8. The van der Waals surface area contributed by atoms with E-state index in [4.69, 9.17) is 9.47 Å². The summed E-state index contributed by atoms with van der Waals surface area (Å²) in [6.45, 7) is -1.03. The van der Waals surface area contributed by atoms with Crippen molar-refractivity contribution >= 4 is 0 Å². The first-order valence-corrected chi connectivity index (χ1v) is 10.9. The van der Waals surface area contributed by atoms with E-state index in [1.54, 1.807) is 30.5 Å². The van der Waals surface area contributed by atoms with E-state index >= 15 is 0 Å². The maximum Gasteiger partial charge on any atom is 0.113 e. The summed E-state index contributed by atoms with van der Waals surface area (Å²) in [4.78, 5) is 0. The summed E-state index contributed by atoms with van der Waals surface area (Å²) in [6, 6.07) is 6.69. The third-order valence-electron chi connectivity index (χ3n) is 6.32. The zero-order valence-electron chi connectivity index (χ0n) is 18.0. The molecule has 1 aromatic carbocycles. The summed E-state index contributed by atoms with van der Waals surface area (Å²) in [6.07, 6.45) is -10.9. The van der Waals surface area contributed by atoms with E-state index in [2.05, 4.69) is 10.3 Å². The van der Waals surface area contributed by atoms with Gasteiger partial charge in [-0.1, -0.05) is 29.5 Å². The van der Waals surface area contributed by atoms with Crippen molar-refractivity contribution < 1.29 is 50.3 Å². The van der Waals surface area contributed by atoms with E-state index in [0.29, 0.717) is 16.8 Å². The fourth-order valence-electron chi connectivity index (χ4n) is 4.25. The molecular formula is C21H29N3O10. The highest BCUT2D eigenvalue weighted by Crippen LogP contribution is 2.33. The Morgan fingerprint density at radius 3 is 1.88 bits per heavy atom. The standard InChI is InChI=1S/C21H29N3O10/c25-7-13-16(28)18(30)15(27)12(33-13)6-24-5-11(22-23-24)9-1-3-10(4-2-9)21-20(32)19(31)17(29)14(8-26)34-21/h1-5,12-21,25-32H,6-8H2. The number of benzene rings is 1. The Kier molecular flexibility index (Phi) is 7.59. The molecule has 3 heterocycles. The van der Waals surface area contributed by atoms with E-state index in [-0.39, 0.29) is 6.54 Å². The highest BCUT2D eigenvalue weighted by atomic mass is 16.6. The Labute approximate surface area is 194 Å². The molecule has 4 rings (SSSR count). The van der Waals surface area contributed by atoms with Crippen LogP contribution in [0.1, 0.15) is 11.7 Å². The van der Waals surface area contributed by atoms with E-state index in [1.165, 1.54) is 4.68 Å². The largest absolute Gasteiger partial charge is 0.394 e. The second kappa shape index (κ2) is 10.3. The molecule has 2 aliphatic rings. The maximum atomic E-state index is 10.3. The molecule has 0 aliphatic carbocycles. The van der Waals surface area contributed by atoms with Crippen LogP contribution in [0.5, 0.6) is 0 Å². The summed E-state index contributed by atoms with van der Waals surface area (Å²) >= 11 is 0. The van der Waals surface area contributed by atoms with Crippen molar-refractivity contribution in [2.24, 2.45) is 0 Å². The first-order valence-electron chi connectivity index (χ1n) is 10.9. The molecule has 188 valence electrons. The van der Waals surface area contributed by atoms with Gasteiger partial charge in [-0.05, 0) is 5.56 Å². The van der Waals surface area contributed by atoms with Crippen LogP contribution in [0.4, 0.5) is 0 Å².